The van der Waals surface area contributed by atoms with Gasteiger partial charge in [0, 0.05) is 0 Å². The first kappa shape index (κ1) is 13.6. The molecule has 0 bridgehead atoms. The van der Waals surface area contributed by atoms with Gasteiger partial charge in [0.1, 0.15) is 5.75 Å². The summed E-state index contributed by atoms with van der Waals surface area (Å²) in [7, 11) is 0. The van der Waals surface area contributed by atoms with Crippen molar-refractivity contribution in [3.8, 4) is 16.9 Å². The molecule has 2 aromatic carbocycles. The van der Waals surface area contributed by atoms with E-state index in [1.807, 2.05) is 0 Å². The van der Waals surface area contributed by atoms with Crippen LogP contribution in [0.1, 0.15) is 26.3 Å². The lowest BCUT2D eigenvalue weighted by atomic mass is 9.98. The predicted octanol–water partition coefficient (Wildman–Crippen LogP) is 2.76. The number of rotatable bonds is 3. The van der Waals surface area contributed by atoms with Crippen LogP contribution in [-0.4, -0.2) is 27.3 Å². The van der Waals surface area contributed by atoms with Crippen molar-refractivity contribution in [2.45, 2.75) is 6.92 Å². The Balaban J connectivity index is 2.63. The van der Waals surface area contributed by atoms with Crippen LogP contribution in [0.5, 0.6) is 5.75 Å². The van der Waals surface area contributed by atoms with E-state index in [0.717, 1.165) is 6.07 Å². The summed E-state index contributed by atoms with van der Waals surface area (Å²) in [4.78, 5) is 22.1. The lowest BCUT2D eigenvalue weighted by Crippen LogP contribution is -2.03. The number of carboxylic acid groups (broad SMARTS) is 2. The molecule has 0 saturated heterocycles. The molecule has 0 amide bonds. The van der Waals surface area contributed by atoms with E-state index >= 15 is 0 Å². The van der Waals surface area contributed by atoms with E-state index in [4.69, 9.17) is 10.2 Å². The summed E-state index contributed by atoms with van der Waals surface area (Å²) >= 11 is 0. The quantitative estimate of drug-likeness (QED) is 0.798. The summed E-state index contributed by atoms with van der Waals surface area (Å²) in [5.41, 5.74) is 1.44. The van der Waals surface area contributed by atoms with Crippen molar-refractivity contribution in [1.29, 1.82) is 0 Å². The Morgan fingerprint density at radius 1 is 0.850 bits per heavy atom. The Morgan fingerprint density at radius 3 is 1.85 bits per heavy atom. The van der Waals surface area contributed by atoms with Crippen molar-refractivity contribution >= 4 is 11.9 Å². The molecular weight excluding hydrogens is 260 g/mol. The average Bonchev–Trinajstić information content (AvgIpc) is 2.41. The van der Waals surface area contributed by atoms with Gasteiger partial charge in [0.05, 0.1) is 11.1 Å². The number of aromatic carboxylic acids is 2. The molecule has 2 aromatic rings. The molecule has 0 spiro atoms. The highest BCUT2D eigenvalue weighted by molar-refractivity contribution is 5.96. The SMILES string of the molecule is Cc1ccc(-c2cc(C(=O)O)cc(C(=O)O)c2)cc1O. The van der Waals surface area contributed by atoms with Crippen molar-refractivity contribution in [1.82, 2.24) is 0 Å². The van der Waals surface area contributed by atoms with Gasteiger partial charge >= 0.3 is 11.9 Å². The number of hydrogen-bond acceptors (Lipinski definition) is 3. The number of carboxylic acids is 2. The highest BCUT2D eigenvalue weighted by Crippen LogP contribution is 2.27. The molecule has 0 radical (unpaired) electrons. The van der Waals surface area contributed by atoms with Crippen LogP contribution in [0.2, 0.25) is 0 Å². The maximum absolute atomic E-state index is 11.0. The average molecular weight is 272 g/mol. The second-order valence-electron chi connectivity index (χ2n) is 4.41. The van der Waals surface area contributed by atoms with E-state index in [2.05, 4.69) is 0 Å². The minimum Gasteiger partial charge on any atom is -0.508 e. The molecule has 0 unspecified atom stereocenters. The minimum atomic E-state index is -1.20. The van der Waals surface area contributed by atoms with Gasteiger partial charge in [-0.15, -0.1) is 0 Å². The molecule has 0 aromatic heterocycles. The smallest absolute Gasteiger partial charge is 0.335 e. The standard InChI is InChI=1S/C15H12O5/c1-8-2-3-9(7-13(8)16)10-4-11(14(17)18)6-12(5-10)15(19)20/h2-7,16H,1H3,(H,17,18)(H,19,20). The maximum atomic E-state index is 11.0. The second-order valence-corrected chi connectivity index (χ2v) is 4.41. The number of phenols is 1. The molecule has 5 heteroatoms. The molecule has 102 valence electrons. The first-order valence-electron chi connectivity index (χ1n) is 5.80. The minimum absolute atomic E-state index is 0.0695. The van der Waals surface area contributed by atoms with Crippen LogP contribution in [-0.2, 0) is 0 Å². The lowest BCUT2D eigenvalue weighted by Gasteiger charge is -2.07. The van der Waals surface area contributed by atoms with E-state index in [0.29, 0.717) is 16.7 Å². The predicted molar refractivity (Wildman–Crippen MR) is 72.2 cm³/mol. The van der Waals surface area contributed by atoms with E-state index in [9.17, 15) is 14.7 Å². The van der Waals surface area contributed by atoms with Gasteiger partial charge < -0.3 is 15.3 Å². The highest BCUT2D eigenvalue weighted by Gasteiger charge is 2.13. The number of carbonyl (C=O) groups is 2. The topological polar surface area (TPSA) is 94.8 Å². The zero-order valence-corrected chi connectivity index (χ0v) is 10.6. The fourth-order valence-corrected chi connectivity index (χ4v) is 1.83. The fourth-order valence-electron chi connectivity index (χ4n) is 1.83. The van der Waals surface area contributed by atoms with Crippen LogP contribution in [0, 0.1) is 6.92 Å². The zero-order valence-electron chi connectivity index (χ0n) is 10.6. The Kier molecular flexibility index (Phi) is 3.43. The van der Waals surface area contributed by atoms with Crippen LogP contribution in [0.4, 0.5) is 0 Å². The van der Waals surface area contributed by atoms with Crippen molar-refractivity contribution in [3.05, 3.63) is 53.1 Å². The molecule has 3 N–H and O–H groups in total. The molecule has 0 aliphatic carbocycles. The van der Waals surface area contributed by atoms with Crippen molar-refractivity contribution < 1.29 is 24.9 Å². The monoisotopic (exact) mass is 272 g/mol. The molecular formula is C15H12O5. The third-order valence-corrected chi connectivity index (χ3v) is 2.97. The third kappa shape index (κ3) is 2.61. The largest absolute Gasteiger partial charge is 0.508 e. The van der Waals surface area contributed by atoms with E-state index in [1.54, 1.807) is 19.1 Å². The van der Waals surface area contributed by atoms with Gasteiger partial charge in [-0.3, -0.25) is 0 Å². The molecule has 0 saturated carbocycles. The molecule has 0 fully saturated rings. The zero-order chi connectivity index (χ0) is 14.9. The van der Waals surface area contributed by atoms with Crippen LogP contribution in [0.3, 0.4) is 0 Å². The van der Waals surface area contributed by atoms with Gasteiger partial charge in [-0.05, 0) is 47.9 Å². The summed E-state index contributed by atoms with van der Waals surface area (Å²) in [5, 5.41) is 27.7. The van der Waals surface area contributed by atoms with Gasteiger partial charge in [0.15, 0.2) is 0 Å². The molecule has 0 aliphatic rings. The maximum Gasteiger partial charge on any atom is 0.335 e. The lowest BCUT2D eigenvalue weighted by molar-refractivity contribution is 0.0696. The number of hydrogen-bond donors (Lipinski definition) is 3. The summed E-state index contributed by atoms with van der Waals surface area (Å²) in [5.74, 6) is -2.34. The molecule has 5 nitrogen and oxygen atoms in total. The van der Waals surface area contributed by atoms with Crippen molar-refractivity contribution in [2.24, 2.45) is 0 Å². The summed E-state index contributed by atoms with van der Waals surface area (Å²) in [6.07, 6.45) is 0. The molecule has 20 heavy (non-hydrogen) atoms. The Morgan fingerprint density at radius 2 is 1.40 bits per heavy atom. The van der Waals surface area contributed by atoms with E-state index in [-0.39, 0.29) is 16.9 Å². The van der Waals surface area contributed by atoms with Crippen molar-refractivity contribution in [3.63, 3.8) is 0 Å². The van der Waals surface area contributed by atoms with Gasteiger partial charge in [-0.25, -0.2) is 9.59 Å². The number of phenolic OH excluding ortho intramolecular Hbond substituents is 1. The summed E-state index contributed by atoms with van der Waals surface area (Å²) in [6.45, 7) is 1.73. The Labute approximate surface area is 114 Å². The molecule has 2 rings (SSSR count). The van der Waals surface area contributed by atoms with Gasteiger partial charge in [0.2, 0.25) is 0 Å². The second kappa shape index (κ2) is 5.05. The first-order chi connectivity index (χ1) is 9.38. The first-order valence-corrected chi connectivity index (χ1v) is 5.80. The van der Waals surface area contributed by atoms with Crippen LogP contribution in [0.25, 0.3) is 11.1 Å². The van der Waals surface area contributed by atoms with Crippen LogP contribution < -0.4 is 0 Å². The molecule has 0 heterocycles. The Bertz CT molecular complexity index is 671. The van der Waals surface area contributed by atoms with E-state index in [1.165, 1.54) is 18.2 Å². The van der Waals surface area contributed by atoms with Gasteiger partial charge in [-0.2, -0.15) is 0 Å². The van der Waals surface area contributed by atoms with Crippen molar-refractivity contribution in [2.75, 3.05) is 0 Å². The molecule has 0 atom stereocenters. The number of aryl methyl sites for hydroxylation is 1. The third-order valence-electron chi connectivity index (χ3n) is 2.97. The number of aromatic hydroxyl groups is 1. The number of benzene rings is 2. The summed E-state index contributed by atoms with van der Waals surface area (Å²) < 4.78 is 0. The van der Waals surface area contributed by atoms with Gasteiger partial charge in [-0.1, -0.05) is 12.1 Å². The summed E-state index contributed by atoms with van der Waals surface area (Å²) in [6, 6.07) is 8.70. The fraction of sp³-hybridized carbons (Fsp3) is 0.0667. The van der Waals surface area contributed by atoms with E-state index < -0.39 is 11.9 Å². The molecule has 0 aliphatic heterocycles. The normalized spacial score (nSPS) is 10.2. The van der Waals surface area contributed by atoms with Crippen LogP contribution >= 0.6 is 0 Å². The van der Waals surface area contributed by atoms with Crippen LogP contribution in [0.15, 0.2) is 36.4 Å². The Hall–Kier alpha value is -2.82. The highest BCUT2D eigenvalue weighted by atomic mass is 16.4. The van der Waals surface area contributed by atoms with Gasteiger partial charge in [0.25, 0.3) is 0 Å².